The topological polar surface area (TPSA) is 23.6 Å². The van der Waals surface area contributed by atoms with E-state index in [-0.39, 0.29) is 11.7 Å². The number of hydrogen-bond acceptors (Lipinski definition) is 2. The summed E-state index contributed by atoms with van der Waals surface area (Å²) in [6, 6.07) is 16.9. The van der Waals surface area contributed by atoms with Gasteiger partial charge in [0, 0.05) is 32.7 Å². The molecule has 1 saturated carbocycles. The molecular formula is C21H23FN2O. The van der Waals surface area contributed by atoms with Crippen LogP contribution in [0.25, 0.3) is 0 Å². The second kappa shape index (κ2) is 6.60. The van der Waals surface area contributed by atoms with Crippen molar-refractivity contribution in [3.63, 3.8) is 0 Å². The van der Waals surface area contributed by atoms with Gasteiger partial charge < -0.3 is 4.90 Å². The first-order valence-corrected chi connectivity index (χ1v) is 8.99. The number of benzene rings is 2. The number of rotatable bonds is 4. The highest BCUT2D eigenvalue weighted by molar-refractivity contribution is 5.91. The fraction of sp³-hybridized carbons (Fsp3) is 0.381. The van der Waals surface area contributed by atoms with Crippen molar-refractivity contribution < 1.29 is 9.18 Å². The maximum atomic E-state index is 13.2. The monoisotopic (exact) mass is 338 g/mol. The number of nitrogens with zero attached hydrogens (tertiary/aromatic N) is 2. The number of hydrogen-bond donors (Lipinski definition) is 0. The van der Waals surface area contributed by atoms with Crippen molar-refractivity contribution in [2.24, 2.45) is 0 Å². The molecule has 2 aliphatic rings. The van der Waals surface area contributed by atoms with Crippen molar-refractivity contribution in [2.75, 3.05) is 26.2 Å². The van der Waals surface area contributed by atoms with Crippen LogP contribution < -0.4 is 0 Å². The van der Waals surface area contributed by atoms with Gasteiger partial charge in [0.1, 0.15) is 5.82 Å². The van der Waals surface area contributed by atoms with Gasteiger partial charge >= 0.3 is 0 Å². The number of halogens is 1. The summed E-state index contributed by atoms with van der Waals surface area (Å²) in [5, 5.41) is 0. The summed E-state index contributed by atoms with van der Waals surface area (Å²) in [5.41, 5.74) is 1.88. The Bertz CT molecular complexity index is 732. The van der Waals surface area contributed by atoms with E-state index < -0.39 is 5.41 Å². The summed E-state index contributed by atoms with van der Waals surface area (Å²) in [6.45, 7) is 4.29. The van der Waals surface area contributed by atoms with E-state index in [9.17, 15) is 9.18 Å². The van der Waals surface area contributed by atoms with Gasteiger partial charge in [-0.05, 0) is 36.1 Å². The smallest absolute Gasteiger partial charge is 0.233 e. The van der Waals surface area contributed by atoms with Crippen LogP contribution in [0.3, 0.4) is 0 Å². The standard InChI is InChI=1S/C21H23FN2O/c22-19-8-6-18(7-9-19)21(10-11-21)20(25)24-14-12-23(13-15-24)16-17-4-2-1-3-5-17/h1-9H,10-16H2. The molecule has 25 heavy (non-hydrogen) atoms. The van der Waals surface area contributed by atoms with Crippen molar-refractivity contribution in [1.29, 1.82) is 0 Å². The molecule has 0 aromatic heterocycles. The number of piperazine rings is 1. The predicted molar refractivity (Wildman–Crippen MR) is 95.6 cm³/mol. The van der Waals surface area contributed by atoms with Gasteiger partial charge in [0.25, 0.3) is 0 Å². The highest BCUT2D eigenvalue weighted by Gasteiger charge is 2.53. The lowest BCUT2D eigenvalue weighted by Crippen LogP contribution is -2.51. The maximum absolute atomic E-state index is 13.2. The second-order valence-corrected chi connectivity index (χ2v) is 7.14. The van der Waals surface area contributed by atoms with Crippen LogP contribution in [0, 0.1) is 5.82 Å². The van der Waals surface area contributed by atoms with Gasteiger partial charge in [-0.15, -0.1) is 0 Å². The molecule has 0 unspecified atom stereocenters. The molecule has 1 saturated heterocycles. The van der Waals surface area contributed by atoms with Gasteiger partial charge in [-0.3, -0.25) is 9.69 Å². The van der Waals surface area contributed by atoms with Gasteiger partial charge in [-0.2, -0.15) is 0 Å². The van der Waals surface area contributed by atoms with E-state index in [1.165, 1.54) is 17.7 Å². The predicted octanol–water partition coefficient (Wildman–Crippen LogP) is 3.20. The van der Waals surface area contributed by atoms with Gasteiger partial charge in [0.2, 0.25) is 5.91 Å². The number of carbonyl (C=O) groups excluding carboxylic acids is 1. The van der Waals surface area contributed by atoms with Gasteiger partial charge in [-0.25, -0.2) is 4.39 Å². The third-order valence-corrected chi connectivity index (χ3v) is 5.46. The van der Waals surface area contributed by atoms with E-state index in [2.05, 4.69) is 29.2 Å². The van der Waals surface area contributed by atoms with Crippen molar-refractivity contribution in [1.82, 2.24) is 9.80 Å². The normalized spacial score (nSPS) is 19.6. The highest BCUT2D eigenvalue weighted by Crippen LogP contribution is 2.49. The molecule has 1 amide bonds. The summed E-state index contributed by atoms with van der Waals surface area (Å²) < 4.78 is 13.2. The largest absolute Gasteiger partial charge is 0.339 e. The van der Waals surface area contributed by atoms with Gasteiger partial charge in [0.15, 0.2) is 0 Å². The highest BCUT2D eigenvalue weighted by atomic mass is 19.1. The molecule has 0 spiro atoms. The number of amides is 1. The lowest BCUT2D eigenvalue weighted by molar-refractivity contribution is -0.135. The minimum atomic E-state index is -0.394. The second-order valence-electron chi connectivity index (χ2n) is 7.14. The van der Waals surface area contributed by atoms with Crippen molar-refractivity contribution in [2.45, 2.75) is 24.8 Å². The van der Waals surface area contributed by atoms with Crippen molar-refractivity contribution >= 4 is 5.91 Å². The first-order chi connectivity index (χ1) is 12.2. The molecule has 130 valence electrons. The molecule has 1 aliphatic carbocycles. The van der Waals surface area contributed by atoms with Crippen LogP contribution in [0.2, 0.25) is 0 Å². The molecule has 0 atom stereocenters. The third-order valence-electron chi connectivity index (χ3n) is 5.46. The average Bonchev–Trinajstić information content (AvgIpc) is 3.45. The van der Waals surface area contributed by atoms with E-state index in [0.717, 1.165) is 51.1 Å². The third kappa shape index (κ3) is 3.31. The lowest BCUT2D eigenvalue weighted by atomic mass is 9.94. The van der Waals surface area contributed by atoms with Crippen molar-refractivity contribution in [3.05, 3.63) is 71.5 Å². The van der Waals surface area contributed by atoms with Crippen LogP contribution in [0.15, 0.2) is 54.6 Å². The first kappa shape index (κ1) is 16.3. The van der Waals surface area contributed by atoms with Crippen LogP contribution in [0.1, 0.15) is 24.0 Å². The Morgan fingerprint density at radius 2 is 1.56 bits per heavy atom. The van der Waals surface area contributed by atoms with Crippen LogP contribution in [-0.4, -0.2) is 41.9 Å². The SMILES string of the molecule is O=C(N1CCN(Cc2ccccc2)CC1)C1(c2ccc(F)cc2)CC1. The molecule has 4 rings (SSSR count). The van der Waals surface area contributed by atoms with Gasteiger partial charge in [-0.1, -0.05) is 42.5 Å². The zero-order valence-corrected chi connectivity index (χ0v) is 14.3. The fourth-order valence-electron chi connectivity index (χ4n) is 3.77. The summed E-state index contributed by atoms with van der Waals surface area (Å²) in [6.07, 6.45) is 1.75. The summed E-state index contributed by atoms with van der Waals surface area (Å²) >= 11 is 0. The molecule has 0 bridgehead atoms. The Balaban J connectivity index is 1.37. The molecular weight excluding hydrogens is 315 g/mol. The van der Waals surface area contributed by atoms with Crippen molar-refractivity contribution in [3.8, 4) is 0 Å². The Hall–Kier alpha value is -2.20. The first-order valence-electron chi connectivity index (χ1n) is 8.99. The molecule has 1 aliphatic heterocycles. The zero-order chi connectivity index (χ0) is 17.3. The van der Waals surface area contributed by atoms with Crippen LogP contribution in [-0.2, 0) is 16.8 Å². The van der Waals surface area contributed by atoms with E-state index in [0.29, 0.717) is 0 Å². The van der Waals surface area contributed by atoms with Crippen LogP contribution in [0.5, 0.6) is 0 Å². The zero-order valence-electron chi connectivity index (χ0n) is 14.3. The van der Waals surface area contributed by atoms with E-state index >= 15 is 0 Å². The summed E-state index contributed by atoms with van der Waals surface area (Å²) in [7, 11) is 0. The quantitative estimate of drug-likeness (QED) is 0.855. The molecule has 2 aromatic carbocycles. The van der Waals surface area contributed by atoms with Gasteiger partial charge in [0.05, 0.1) is 5.41 Å². The Labute approximate surface area is 148 Å². The Morgan fingerprint density at radius 1 is 0.920 bits per heavy atom. The average molecular weight is 338 g/mol. The molecule has 0 radical (unpaired) electrons. The minimum Gasteiger partial charge on any atom is -0.339 e. The maximum Gasteiger partial charge on any atom is 0.233 e. The Kier molecular flexibility index (Phi) is 4.30. The molecule has 4 heteroatoms. The number of carbonyl (C=O) groups is 1. The lowest BCUT2D eigenvalue weighted by Gasteiger charge is -2.36. The fourth-order valence-corrected chi connectivity index (χ4v) is 3.77. The molecule has 1 heterocycles. The summed E-state index contributed by atoms with van der Waals surface area (Å²) in [5.74, 6) is -0.0278. The Morgan fingerprint density at radius 3 is 2.16 bits per heavy atom. The van der Waals surface area contributed by atoms with E-state index in [4.69, 9.17) is 0 Å². The summed E-state index contributed by atoms with van der Waals surface area (Å²) in [4.78, 5) is 17.4. The van der Waals surface area contributed by atoms with E-state index in [1.54, 1.807) is 12.1 Å². The molecule has 3 nitrogen and oxygen atoms in total. The van der Waals surface area contributed by atoms with E-state index in [1.807, 2.05) is 11.0 Å². The molecule has 0 N–H and O–H groups in total. The van der Waals surface area contributed by atoms with Crippen LogP contribution in [0.4, 0.5) is 4.39 Å². The molecule has 2 aromatic rings. The van der Waals surface area contributed by atoms with Crippen LogP contribution >= 0.6 is 0 Å². The molecule has 2 fully saturated rings. The minimum absolute atomic E-state index is 0.221.